The number of sulfonamides is 1. The number of rotatable bonds is 2. The number of piperidine rings is 1. The van der Waals surface area contributed by atoms with Crippen molar-refractivity contribution in [2.75, 3.05) is 26.2 Å². The monoisotopic (exact) mass is 364 g/mol. The number of hydrogen-bond acceptors (Lipinski definition) is 5. The Hall–Kier alpha value is -1.44. The van der Waals surface area contributed by atoms with Crippen LogP contribution in [0.4, 0.5) is 0 Å². The summed E-state index contributed by atoms with van der Waals surface area (Å²) in [6.45, 7) is 8.93. The van der Waals surface area contributed by atoms with Gasteiger partial charge in [-0.3, -0.25) is 4.99 Å². The lowest BCUT2D eigenvalue weighted by Crippen LogP contribution is -2.66. The Morgan fingerprint density at radius 2 is 1.80 bits per heavy atom. The number of nitrogens with one attached hydrogen (secondary N) is 2. The highest BCUT2D eigenvalue weighted by Gasteiger charge is 2.43. The lowest BCUT2D eigenvalue weighted by atomic mass is 9.85. The Morgan fingerprint density at radius 1 is 1.16 bits per heavy atom. The molecule has 2 aliphatic heterocycles. The van der Waals surface area contributed by atoms with E-state index in [4.69, 9.17) is 4.99 Å². The third-order valence-corrected chi connectivity index (χ3v) is 6.66. The van der Waals surface area contributed by atoms with Crippen LogP contribution in [0.5, 0.6) is 0 Å². The van der Waals surface area contributed by atoms with Crippen molar-refractivity contribution in [2.45, 2.75) is 49.6 Å². The van der Waals surface area contributed by atoms with Crippen molar-refractivity contribution in [1.29, 1.82) is 0 Å². The molecule has 0 amide bonds. The van der Waals surface area contributed by atoms with Crippen molar-refractivity contribution < 1.29 is 8.42 Å². The van der Waals surface area contributed by atoms with Crippen LogP contribution in [0.3, 0.4) is 0 Å². The summed E-state index contributed by atoms with van der Waals surface area (Å²) in [5.74, 6) is 0.975. The van der Waals surface area contributed by atoms with Crippen molar-refractivity contribution in [2.24, 2.45) is 4.99 Å². The summed E-state index contributed by atoms with van der Waals surface area (Å²) >= 11 is 0. The molecule has 138 valence electrons. The van der Waals surface area contributed by atoms with Crippen LogP contribution < -0.4 is 10.6 Å². The van der Waals surface area contributed by atoms with Crippen LogP contribution >= 0.6 is 0 Å². The average molecular weight is 365 g/mol. The van der Waals surface area contributed by atoms with Gasteiger partial charge in [-0.25, -0.2) is 8.42 Å². The SMILES string of the molecule is CC(C)(C)NC1=NCCNC12CCN(S(=O)(=O)c1ccccc1)CC2. The predicted octanol–water partition coefficient (Wildman–Crippen LogP) is 1.60. The molecular weight excluding hydrogens is 336 g/mol. The van der Waals surface area contributed by atoms with E-state index in [1.165, 1.54) is 0 Å². The van der Waals surface area contributed by atoms with Crippen LogP contribution in [0, 0.1) is 0 Å². The van der Waals surface area contributed by atoms with E-state index in [1.807, 2.05) is 6.07 Å². The zero-order valence-electron chi connectivity index (χ0n) is 15.2. The number of benzene rings is 1. The fourth-order valence-corrected chi connectivity index (χ4v) is 4.94. The molecule has 0 saturated carbocycles. The summed E-state index contributed by atoms with van der Waals surface area (Å²) in [5, 5.41) is 7.13. The molecule has 25 heavy (non-hydrogen) atoms. The second-order valence-electron chi connectivity index (χ2n) is 7.83. The zero-order valence-corrected chi connectivity index (χ0v) is 16.1. The smallest absolute Gasteiger partial charge is 0.243 e. The summed E-state index contributed by atoms with van der Waals surface area (Å²) in [6.07, 6.45) is 1.45. The van der Waals surface area contributed by atoms with E-state index in [-0.39, 0.29) is 11.1 Å². The maximum absolute atomic E-state index is 12.8. The van der Waals surface area contributed by atoms with Crippen molar-refractivity contribution >= 4 is 15.9 Å². The van der Waals surface area contributed by atoms with Gasteiger partial charge in [-0.1, -0.05) is 18.2 Å². The molecule has 0 radical (unpaired) electrons. The molecule has 3 rings (SSSR count). The molecule has 0 aliphatic carbocycles. The van der Waals surface area contributed by atoms with Crippen molar-refractivity contribution in [1.82, 2.24) is 14.9 Å². The van der Waals surface area contributed by atoms with E-state index in [0.29, 0.717) is 18.0 Å². The van der Waals surface area contributed by atoms with E-state index in [0.717, 1.165) is 31.8 Å². The van der Waals surface area contributed by atoms with Crippen LogP contribution in [0.1, 0.15) is 33.6 Å². The summed E-state index contributed by atoms with van der Waals surface area (Å²) in [4.78, 5) is 5.08. The summed E-state index contributed by atoms with van der Waals surface area (Å²) in [7, 11) is -3.42. The van der Waals surface area contributed by atoms with Gasteiger partial charge >= 0.3 is 0 Å². The van der Waals surface area contributed by atoms with Gasteiger partial charge in [-0.15, -0.1) is 0 Å². The van der Waals surface area contributed by atoms with Gasteiger partial charge in [0.25, 0.3) is 0 Å². The number of nitrogens with zero attached hydrogens (tertiary/aromatic N) is 2. The number of aliphatic imine (C=N–C) groups is 1. The van der Waals surface area contributed by atoms with Gasteiger partial charge in [0.15, 0.2) is 0 Å². The zero-order chi connectivity index (χ0) is 18.1. The molecule has 1 spiro atoms. The second kappa shape index (κ2) is 6.70. The van der Waals surface area contributed by atoms with Gasteiger partial charge in [-0.2, -0.15) is 4.31 Å². The molecule has 2 heterocycles. The quantitative estimate of drug-likeness (QED) is 0.836. The van der Waals surface area contributed by atoms with Crippen LogP contribution in [0.15, 0.2) is 40.2 Å². The van der Waals surface area contributed by atoms with Crippen LogP contribution in [0.25, 0.3) is 0 Å². The Bertz CT molecular complexity index is 730. The maximum atomic E-state index is 12.8. The minimum atomic E-state index is -3.42. The first kappa shape index (κ1) is 18.4. The van der Waals surface area contributed by atoms with Gasteiger partial charge in [0, 0.05) is 25.2 Å². The van der Waals surface area contributed by atoms with Gasteiger partial charge in [-0.05, 0) is 45.7 Å². The predicted molar refractivity (Wildman–Crippen MR) is 100 cm³/mol. The Morgan fingerprint density at radius 3 is 2.40 bits per heavy atom. The van der Waals surface area contributed by atoms with E-state index in [2.05, 4.69) is 31.4 Å². The van der Waals surface area contributed by atoms with Crippen LogP contribution in [-0.2, 0) is 10.0 Å². The average Bonchev–Trinajstić information content (AvgIpc) is 2.57. The summed E-state index contributed by atoms with van der Waals surface area (Å²) in [5.41, 5.74) is -0.313. The first-order chi connectivity index (χ1) is 11.7. The topological polar surface area (TPSA) is 73.8 Å². The molecular formula is C18H28N4O2S. The van der Waals surface area contributed by atoms with Crippen LogP contribution in [0.2, 0.25) is 0 Å². The minimum absolute atomic E-state index is 0.0713. The molecule has 1 aromatic rings. The first-order valence-electron chi connectivity index (χ1n) is 8.86. The Labute approximate surface area is 150 Å². The molecule has 2 N–H and O–H groups in total. The normalized spacial score (nSPS) is 21.8. The van der Waals surface area contributed by atoms with Crippen LogP contribution in [-0.4, -0.2) is 55.8 Å². The number of hydrogen-bond donors (Lipinski definition) is 2. The number of amidine groups is 1. The molecule has 0 bridgehead atoms. The third-order valence-electron chi connectivity index (χ3n) is 4.75. The Kier molecular flexibility index (Phi) is 4.92. The lowest BCUT2D eigenvalue weighted by Gasteiger charge is -2.46. The molecule has 7 heteroatoms. The highest BCUT2D eigenvalue weighted by Crippen LogP contribution is 2.29. The largest absolute Gasteiger partial charge is 0.368 e. The maximum Gasteiger partial charge on any atom is 0.243 e. The minimum Gasteiger partial charge on any atom is -0.368 e. The molecule has 1 saturated heterocycles. The molecule has 1 aromatic carbocycles. The van der Waals surface area contributed by atoms with E-state index >= 15 is 0 Å². The summed E-state index contributed by atoms with van der Waals surface area (Å²) in [6, 6.07) is 8.67. The second-order valence-corrected chi connectivity index (χ2v) is 9.77. The highest BCUT2D eigenvalue weighted by atomic mass is 32.2. The summed E-state index contributed by atoms with van der Waals surface area (Å²) < 4.78 is 27.3. The third kappa shape index (κ3) is 3.88. The fourth-order valence-electron chi connectivity index (χ4n) is 3.48. The molecule has 0 aromatic heterocycles. The van der Waals surface area contributed by atoms with Crippen molar-refractivity contribution in [3.63, 3.8) is 0 Å². The van der Waals surface area contributed by atoms with E-state index in [9.17, 15) is 8.42 Å². The molecule has 1 fully saturated rings. The van der Waals surface area contributed by atoms with Crippen molar-refractivity contribution in [3.8, 4) is 0 Å². The van der Waals surface area contributed by atoms with Gasteiger partial charge < -0.3 is 10.6 Å². The standard InChI is InChI=1S/C18H28N4O2S/c1-17(2,3)21-16-18(20-12-11-19-16)9-13-22(14-10-18)25(23,24)15-7-5-4-6-8-15/h4-8,20H,9-14H2,1-3H3,(H,19,21). The first-order valence-corrected chi connectivity index (χ1v) is 10.3. The fraction of sp³-hybridized carbons (Fsp3) is 0.611. The van der Waals surface area contributed by atoms with E-state index in [1.54, 1.807) is 28.6 Å². The highest BCUT2D eigenvalue weighted by molar-refractivity contribution is 7.89. The molecule has 6 nitrogen and oxygen atoms in total. The van der Waals surface area contributed by atoms with Gasteiger partial charge in [0.05, 0.1) is 17.0 Å². The van der Waals surface area contributed by atoms with E-state index < -0.39 is 10.0 Å². The Balaban J connectivity index is 1.76. The lowest BCUT2D eigenvalue weighted by molar-refractivity contribution is 0.238. The molecule has 0 unspecified atom stereocenters. The molecule has 0 atom stereocenters. The molecule has 2 aliphatic rings. The van der Waals surface area contributed by atoms with Crippen molar-refractivity contribution in [3.05, 3.63) is 30.3 Å². The van der Waals surface area contributed by atoms with Gasteiger partial charge in [0.1, 0.15) is 5.84 Å². The van der Waals surface area contributed by atoms with Gasteiger partial charge in [0.2, 0.25) is 10.0 Å².